The molecule has 0 unspecified atom stereocenters. The van der Waals surface area contributed by atoms with Gasteiger partial charge in [0.25, 0.3) is 0 Å². The SMILES string of the molecule is Cc1cc(F)c(NCc2ccncc2)cc1F. The summed E-state index contributed by atoms with van der Waals surface area (Å²) in [4.78, 5) is 3.88. The Morgan fingerprint density at radius 3 is 2.53 bits per heavy atom. The molecule has 0 bridgehead atoms. The van der Waals surface area contributed by atoms with Gasteiger partial charge in [0.05, 0.1) is 5.69 Å². The fourth-order valence-corrected chi connectivity index (χ4v) is 1.48. The lowest BCUT2D eigenvalue weighted by atomic mass is 10.2. The van der Waals surface area contributed by atoms with Gasteiger partial charge in [0.1, 0.15) is 11.6 Å². The summed E-state index contributed by atoms with van der Waals surface area (Å²) in [6.45, 7) is 1.97. The van der Waals surface area contributed by atoms with Crippen LogP contribution in [0.1, 0.15) is 11.1 Å². The van der Waals surface area contributed by atoms with Crippen molar-refractivity contribution in [2.75, 3.05) is 5.32 Å². The molecule has 0 aliphatic rings. The van der Waals surface area contributed by atoms with Gasteiger partial charge in [-0.2, -0.15) is 0 Å². The Labute approximate surface area is 98.3 Å². The summed E-state index contributed by atoms with van der Waals surface area (Å²) in [5.41, 5.74) is 1.43. The van der Waals surface area contributed by atoms with Crippen LogP contribution in [0.2, 0.25) is 0 Å². The number of anilines is 1. The van der Waals surface area contributed by atoms with E-state index in [-0.39, 0.29) is 5.69 Å². The van der Waals surface area contributed by atoms with Gasteiger partial charge >= 0.3 is 0 Å². The minimum absolute atomic E-state index is 0.171. The Morgan fingerprint density at radius 1 is 1.12 bits per heavy atom. The standard InChI is InChI=1S/C13H12F2N2/c1-9-6-12(15)13(7-11(9)14)17-8-10-2-4-16-5-3-10/h2-7,17H,8H2,1H3. The summed E-state index contributed by atoms with van der Waals surface area (Å²) in [6, 6.07) is 5.99. The van der Waals surface area contributed by atoms with Gasteiger partial charge < -0.3 is 5.32 Å². The van der Waals surface area contributed by atoms with E-state index >= 15 is 0 Å². The Bertz CT molecular complexity index is 512. The van der Waals surface area contributed by atoms with Gasteiger partial charge in [-0.3, -0.25) is 4.98 Å². The van der Waals surface area contributed by atoms with E-state index in [0.717, 1.165) is 5.56 Å². The predicted octanol–water partition coefficient (Wildman–Crippen LogP) is 3.28. The third kappa shape index (κ3) is 2.78. The first kappa shape index (κ1) is 11.5. The Morgan fingerprint density at radius 2 is 1.82 bits per heavy atom. The summed E-state index contributed by atoms with van der Waals surface area (Å²) in [5.74, 6) is -0.860. The van der Waals surface area contributed by atoms with Crippen LogP contribution < -0.4 is 5.32 Å². The first-order valence-electron chi connectivity index (χ1n) is 5.25. The van der Waals surface area contributed by atoms with E-state index in [2.05, 4.69) is 10.3 Å². The molecule has 1 N–H and O–H groups in total. The van der Waals surface area contributed by atoms with E-state index in [9.17, 15) is 8.78 Å². The first-order valence-corrected chi connectivity index (χ1v) is 5.25. The molecule has 0 fully saturated rings. The zero-order chi connectivity index (χ0) is 12.3. The molecular weight excluding hydrogens is 222 g/mol. The van der Waals surface area contributed by atoms with E-state index in [1.807, 2.05) is 12.1 Å². The van der Waals surface area contributed by atoms with Crippen LogP contribution in [0.15, 0.2) is 36.7 Å². The third-order valence-electron chi connectivity index (χ3n) is 2.48. The van der Waals surface area contributed by atoms with E-state index in [1.54, 1.807) is 12.4 Å². The van der Waals surface area contributed by atoms with Gasteiger partial charge in [0.2, 0.25) is 0 Å². The van der Waals surface area contributed by atoms with Crippen molar-refractivity contribution in [1.29, 1.82) is 0 Å². The number of hydrogen-bond donors (Lipinski definition) is 1. The van der Waals surface area contributed by atoms with Crippen molar-refractivity contribution >= 4 is 5.69 Å². The average Bonchev–Trinajstić information content (AvgIpc) is 2.33. The molecule has 1 heterocycles. The van der Waals surface area contributed by atoms with E-state index in [4.69, 9.17) is 0 Å². The molecule has 0 aliphatic carbocycles. The maximum Gasteiger partial charge on any atom is 0.146 e. The van der Waals surface area contributed by atoms with Crippen molar-refractivity contribution in [3.63, 3.8) is 0 Å². The summed E-state index contributed by atoms with van der Waals surface area (Å²) in [5, 5.41) is 2.85. The second-order valence-corrected chi connectivity index (χ2v) is 3.79. The molecule has 4 heteroatoms. The number of hydrogen-bond acceptors (Lipinski definition) is 2. The molecule has 0 radical (unpaired) electrons. The lowest BCUT2D eigenvalue weighted by Crippen LogP contribution is -2.02. The van der Waals surface area contributed by atoms with Crippen molar-refractivity contribution in [2.24, 2.45) is 0 Å². The van der Waals surface area contributed by atoms with E-state index < -0.39 is 11.6 Å². The maximum atomic E-state index is 13.5. The average molecular weight is 234 g/mol. The Hall–Kier alpha value is -1.97. The summed E-state index contributed by atoms with van der Waals surface area (Å²) in [6.07, 6.45) is 3.31. The van der Waals surface area contributed by atoms with Crippen LogP contribution >= 0.6 is 0 Å². The molecule has 0 aliphatic heterocycles. The molecule has 0 spiro atoms. The van der Waals surface area contributed by atoms with Crippen LogP contribution in [0.5, 0.6) is 0 Å². The van der Waals surface area contributed by atoms with Crippen LogP contribution in [-0.2, 0) is 6.54 Å². The second-order valence-electron chi connectivity index (χ2n) is 3.79. The normalized spacial score (nSPS) is 10.3. The predicted molar refractivity (Wildman–Crippen MR) is 62.7 cm³/mol. The largest absolute Gasteiger partial charge is 0.379 e. The molecule has 0 amide bonds. The highest BCUT2D eigenvalue weighted by atomic mass is 19.1. The topological polar surface area (TPSA) is 24.9 Å². The van der Waals surface area contributed by atoms with Crippen molar-refractivity contribution in [3.05, 3.63) is 59.4 Å². The highest BCUT2D eigenvalue weighted by Crippen LogP contribution is 2.19. The lowest BCUT2D eigenvalue weighted by Gasteiger charge is -2.08. The van der Waals surface area contributed by atoms with Gasteiger partial charge in [0, 0.05) is 25.0 Å². The van der Waals surface area contributed by atoms with Crippen LogP contribution in [0.4, 0.5) is 14.5 Å². The summed E-state index contributed by atoms with van der Waals surface area (Å²) in [7, 11) is 0. The molecular formula is C13H12F2N2. The number of pyridine rings is 1. The van der Waals surface area contributed by atoms with E-state index in [0.29, 0.717) is 12.1 Å². The number of halogens is 2. The number of nitrogens with one attached hydrogen (secondary N) is 1. The zero-order valence-electron chi connectivity index (χ0n) is 9.37. The first-order chi connectivity index (χ1) is 8.16. The van der Waals surface area contributed by atoms with Crippen molar-refractivity contribution in [3.8, 4) is 0 Å². The molecule has 17 heavy (non-hydrogen) atoms. The van der Waals surface area contributed by atoms with Crippen LogP contribution in [0, 0.1) is 18.6 Å². The molecule has 0 saturated carbocycles. The second kappa shape index (κ2) is 4.91. The monoisotopic (exact) mass is 234 g/mol. The smallest absolute Gasteiger partial charge is 0.146 e. The summed E-state index contributed by atoms with van der Waals surface area (Å²) >= 11 is 0. The fraction of sp³-hybridized carbons (Fsp3) is 0.154. The number of aryl methyl sites for hydroxylation is 1. The number of rotatable bonds is 3. The van der Waals surface area contributed by atoms with Crippen molar-refractivity contribution < 1.29 is 8.78 Å². The minimum Gasteiger partial charge on any atom is -0.379 e. The number of benzene rings is 1. The Balaban J connectivity index is 2.12. The highest BCUT2D eigenvalue weighted by molar-refractivity contribution is 5.47. The van der Waals surface area contributed by atoms with Gasteiger partial charge in [-0.1, -0.05) is 0 Å². The molecule has 0 atom stereocenters. The van der Waals surface area contributed by atoms with E-state index in [1.165, 1.54) is 19.1 Å². The van der Waals surface area contributed by atoms with Crippen LogP contribution in [0.25, 0.3) is 0 Å². The summed E-state index contributed by atoms with van der Waals surface area (Å²) < 4.78 is 26.8. The van der Waals surface area contributed by atoms with Crippen molar-refractivity contribution in [2.45, 2.75) is 13.5 Å². The van der Waals surface area contributed by atoms with Gasteiger partial charge in [0.15, 0.2) is 0 Å². The van der Waals surface area contributed by atoms with Crippen LogP contribution in [-0.4, -0.2) is 4.98 Å². The van der Waals surface area contributed by atoms with Gasteiger partial charge in [-0.25, -0.2) is 8.78 Å². The molecule has 2 rings (SSSR count). The molecule has 88 valence electrons. The highest BCUT2D eigenvalue weighted by Gasteiger charge is 2.06. The molecule has 0 saturated heterocycles. The van der Waals surface area contributed by atoms with Crippen LogP contribution in [0.3, 0.4) is 0 Å². The zero-order valence-corrected chi connectivity index (χ0v) is 9.37. The lowest BCUT2D eigenvalue weighted by molar-refractivity contribution is 0.594. The van der Waals surface area contributed by atoms with Gasteiger partial charge in [-0.15, -0.1) is 0 Å². The molecule has 2 aromatic rings. The number of aromatic nitrogens is 1. The number of nitrogens with zero attached hydrogens (tertiary/aromatic N) is 1. The fourth-order valence-electron chi connectivity index (χ4n) is 1.48. The van der Waals surface area contributed by atoms with Gasteiger partial charge in [-0.05, 0) is 36.2 Å². The quantitative estimate of drug-likeness (QED) is 0.881. The molecule has 1 aromatic carbocycles. The Kier molecular flexibility index (Phi) is 3.32. The molecule has 2 nitrogen and oxygen atoms in total. The minimum atomic E-state index is -0.446. The molecule has 1 aromatic heterocycles. The third-order valence-corrected chi connectivity index (χ3v) is 2.48. The maximum absolute atomic E-state index is 13.5. The van der Waals surface area contributed by atoms with Crippen molar-refractivity contribution in [1.82, 2.24) is 4.98 Å².